The summed E-state index contributed by atoms with van der Waals surface area (Å²) in [6.07, 6.45) is 6.64. The third-order valence-electron chi connectivity index (χ3n) is 10.6. The number of likely N-dealkylation sites (tertiary alicyclic amines) is 1. The standard InChI is InChI=1S/C38H51N5O4/c1-38(2,3)47-37(45)43-29-15-16-30(43)24-42(23-29)36-32-17-19-41(22-28(32)21-34(39-36)46-25-31-13-7-18-40(31)4)33-14-6-11-26-9-5-10-27(35(26)33)12-8-20-44/h5-6,9-11,14,21,29-31,44H,7-8,12-13,15-20,22-25H2,1-4H3/t29?,30?,31-/m0/s1. The number of piperazine rings is 1. The Bertz CT molecular complexity index is 1590. The van der Waals surface area contributed by atoms with Crippen LogP contribution in [0.4, 0.5) is 16.3 Å². The molecule has 1 aromatic heterocycles. The lowest BCUT2D eigenvalue weighted by molar-refractivity contribution is 0.0122. The normalized spacial score (nSPS) is 23.0. The first kappa shape index (κ1) is 32.0. The number of aryl methyl sites for hydroxylation is 1. The van der Waals surface area contributed by atoms with Gasteiger partial charge in [-0.2, -0.15) is 4.98 Å². The summed E-state index contributed by atoms with van der Waals surface area (Å²) < 4.78 is 12.3. The lowest BCUT2D eigenvalue weighted by atomic mass is 9.95. The monoisotopic (exact) mass is 641 g/mol. The zero-order chi connectivity index (χ0) is 32.7. The number of aliphatic hydroxyl groups is 1. The number of fused-ring (bicyclic) bond motifs is 4. The molecule has 0 aliphatic carbocycles. The highest BCUT2D eigenvalue weighted by atomic mass is 16.6. The van der Waals surface area contributed by atoms with Gasteiger partial charge in [-0.1, -0.05) is 30.3 Å². The van der Waals surface area contributed by atoms with Crippen molar-refractivity contribution in [2.75, 3.05) is 56.2 Å². The molecule has 7 rings (SSSR count). The second kappa shape index (κ2) is 13.2. The van der Waals surface area contributed by atoms with Crippen molar-refractivity contribution in [1.29, 1.82) is 0 Å². The average molecular weight is 642 g/mol. The van der Waals surface area contributed by atoms with Crippen molar-refractivity contribution in [2.45, 2.75) is 96.0 Å². The van der Waals surface area contributed by atoms with Crippen LogP contribution in [0.15, 0.2) is 42.5 Å². The van der Waals surface area contributed by atoms with E-state index in [0.29, 0.717) is 18.5 Å². The molecule has 3 saturated heterocycles. The summed E-state index contributed by atoms with van der Waals surface area (Å²) in [5.41, 5.74) is 4.60. The van der Waals surface area contributed by atoms with Crippen molar-refractivity contribution in [1.82, 2.24) is 14.8 Å². The number of amides is 1. The molecule has 1 amide bonds. The average Bonchev–Trinajstić information content (AvgIpc) is 3.59. The van der Waals surface area contributed by atoms with E-state index in [4.69, 9.17) is 14.5 Å². The summed E-state index contributed by atoms with van der Waals surface area (Å²) >= 11 is 0. The van der Waals surface area contributed by atoms with Crippen LogP contribution in [-0.2, 0) is 24.1 Å². The molecule has 4 aliphatic heterocycles. The van der Waals surface area contributed by atoms with E-state index in [1.54, 1.807) is 0 Å². The maximum Gasteiger partial charge on any atom is 0.410 e. The Hall–Kier alpha value is -3.56. The van der Waals surface area contributed by atoms with Crippen molar-refractivity contribution < 1.29 is 19.4 Å². The van der Waals surface area contributed by atoms with Crippen molar-refractivity contribution >= 4 is 28.4 Å². The fraction of sp³-hybridized carbons (Fsp3) is 0.579. The predicted molar refractivity (Wildman–Crippen MR) is 187 cm³/mol. The Balaban J connectivity index is 1.20. The van der Waals surface area contributed by atoms with E-state index < -0.39 is 5.60 Å². The van der Waals surface area contributed by atoms with Crippen LogP contribution in [0.3, 0.4) is 0 Å². The van der Waals surface area contributed by atoms with Crippen LogP contribution in [0.5, 0.6) is 5.88 Å². The smallest absolute Gasteiger partial charge is 0.410 e. The summed E-state index contributed by atoms with van der Waals surface area (Å²) in [5, 5.41) is 12.1. The Morgan fingerprint density at radius 1 is 1.02 bits per heavy atom. The van der Waals surface area contributed by atoms with Gasteiger partial charge in [0.2, 0.25) is 5.88 Å². The SMILES string of the molecule is CN1CCC[C@H]1COc1cc2c(c(N3CC4CCC(C3)N4C(=O)OC(C)(C)C)n1)CCN(c1cccc3cccc(CCCO)c13)C2. The molecule has 3 atom stereocenters. The Morgan fingerprint density at radius 2 is 1.79 bits per heavy atom. The molecular formula is C38H51N5O4. The number of nitrogens with zero attached hydrogens (tertiary/aromatic N) is 5. The summed E-state index contributed by atoms with van der Waals surface area (Å²) in [6, 6.07) is 16.0. The number of pyridine rings is 1. The van der Waals surface area contributed by atoms with Crippen LogP contribution in [-0.4, -0.2) is 96.2 Å². The molecule has 2 aromatic carbocycles. The Kier molecular flexibility index (Phi) is 8.96. The van der Waals surface area contributed by atoms with Gasteiger partial charge in [-0.3, -0.25) is 4.90 Å². The molecule has 0 saturated carbocycles. The first-order chi connectivity index (χ1) is 22.7. The quantitative estimate of drug-likeness (QED) is 0.332. The molecule has 0 spiro atoms. The van der Waals surface area contributed by atoms with Gasteiger partial charge in [-0.25, -0.2) is 4.79 Å². The minimum absolute atomic E-state index is 0.117. The zero-order valence-electron chi connectivity index (χ0n) is 28.6. The van der Waals surface area contributed by atoms with E-state index in [1.807, 2.05) is 25.7 Å². The fourth-order valence-electron chi connectivity index (χ4n) is 8.27. The molecule has 5 heterocycles. The van der Waals surface area contributed by atoms with Gasteiger partial charge in [0.25, 0.3) is 0 Å². The van der Waals surface area contributed by atoms with Gasteiger partial charge in [0.15, 0.2) is 0 Å². The van der Waals surface area contributed by atoms with Gasteiger partial charge in [0.1, 0.15) is 18.0 Å². The summed E-state index contributed by atoms with van der Waals surface area (Å²) in [6.45, 7) is 10.9. The number of aliphatic hydroxyl groups excluding tert-OH is 1. The van der Waals surface area contributed by atoms with Crippen LogP contribution in [0.1, 0.15) is 69.6 Å². The molecule has 2 bridgehead atoms. The Labute approximate surface area is 279 Å². The van der Waals surface area contributed by atoms with E-state index in [1.165, 1.54) is 39.6 Å². The van der Waals surface area contributed by atoms with E-state index in [2.05, 4.69) is 64.2 Å². The van der Waals surface area contributed by atoms with Crippen LogP contribution in [0.2, 0.25) is 0 Å². The molecule has 2 unspecified atom stereocenters. The third kappa shape index (κ3) is 6.61. The topological polar surface area (TPSA) is 81.6 Å². The van der Waals surface area contributed by atoms with Crippen LogP contribution >= 0.6 is 0 Å². The van der Waals surface area contributed by atoms with Gasteiger partial charge in [-0.15, -0.1) is 0 Å². The maximum atomic E-state index is 13.2. The first-order valence-electron chi connectivity index (χ1n) is 17.7. The third-order valence-corrected chi connectivity index (χ3v) is 10.6. The molecule has 252 valence electrons. The molecular weight excluding hydrogens is 590 g/mol. The number of hydrogen-bond acceptors (Lipinski definition) is 8. The number of aromatic nitrogens is 1. The number of ether oxygens (including phenoxy) is 2. The molecule has 9 heteroatoms. The van der Waals surface area contributed by atoms with E-state index in [0.717, 1.165) is 77.1 Å². The molecule has 4 aliphatic rings. The van der Waals surface area contributed by atoms with E-state index in [9.17, 15) is 9.90 Å². The van der Waals surface area contributed by atoms with Crippen LogP contribution in [0, 0.1) is 0 Å². The number of carbonyl (C=O) groups excluding carboxylic acids is 1. The fourth-order valence-corrected chi connectivity index (χ4v) is 8.27. The minimum Gasteiger partial charge on any atom is -0.476 e. The van der Waals surface area contributed by atoms with Gasteiger partial charge in [-0.05, 0) is 102 Å². The second-order valence-corrected chi connectivity index (χ2v) is 15.0. The Morgan fingerprint density at radius 3 is 2.49 bits per heavy atom. The van der Waals surface area contributed by atoms with Gasteiger partial charge < -0.3 is 29.3 Å². The van der Waals surface area contributed by atoms with Crippen LogP contribution < -0.4 is 14.5 Å². The lowest BCUT2D eigenvalue weighted by Crippen LogP contribution is -2.57. The number of carbonyl (C=O) groups is 1. The summed E-state index contributed by atoms with van der Waals surface area (Å²) in [4.78, 5) is 27.8. The molecule has 9 nitrogen and oxygen atoms in total. The molecule has 3 fully saturated rings. The number of likely N-dealkylation sites (N-methyl/N-ethyl adjacent to an activating group) is 1. The van der Waals surface area contributed by atoms with Crippen molar-refractivity contribution in [3.8, 4) is 5.88 Å². The van der Waals surface area contributed by atoms with Crippen LogP contribution in [0.25, 0.3) is 10.8 Å². The summed E-state index contributed by atoms with van der Waals surface area (Å²) in [7, 11) is 2.18. The largest absolute Gasteiger partial charge is 0.476 e. The van der Waals surface area contributed by atoms with Crippen molar-refractivity contribution in [3.63, 3.8) is 0 Å². The molecule has 0 radical (unpaired) electrons. The number of anilines is 2. The minimum atomic E-state index is -0.511. The highest BCUT2D eigenvalue weighted by molar-refractivity contribution is 5.97. The second-order valence-electron chi connectivity index (χ2n) is 15.0. The van der Waals surface area contributed by atoms with E-state index in [-0.39, 0.29) is 24.8 Å². The highest BCUT2D eigenvalue weighted by Gasteiger charge is 2.45. The highest BCUT2D eigenvalue weighted by Crippen LogP contribution is 2.40. The number of benzene rings is 2. The summed E-state index contributed by atoms with van der Waals surface area (Å²) in [5.74, 6) is 1.73. The maximum absolute atomic E-state index is 13.2. The first-order valence-corrected chi connectivity index (χ1v) is 17.7. The van der Waals surface area contributed by atoms with Gasteiger partial charge in [0.05, 0.1) is 12.1 Å². The number of rotatable bonds is 8. The van der Waals surface area contributed by atoms with Crippen molar-refractivity contribution in [2.24, 2.45) is 0 Å². The van der Waals surface area contributed by atoms with Gasteiger partial charge >= 0.3 is 6.09 Å². The van der Waals surface area contributed by atoms with Gasteiger partial charge in [0, 0.05) is 61.5 Å². The van der Waals surface area contributed by atoms with Crippen molar-refractivity contribution in [3.05, 3.63) is 59.2 Å². The molecule has 3 aromatic rings. The van der Waals surface area contributed by atoms with E-state index >= 15 is 0 Å². The number of hydrogen-bond donors (Lipinski definition) is 1. The molecule has 1 N–H and O–H groups in total. The predicted octanol–water partition coefficient (Wildman–Crippen LogP) is 5.78. The zero-order valence-corrected chi connectivity index (χ0v) is 28.6. The lowest BCUT2D eigenvalue weighted by Gasteiger charge is -2.43. The molecule has 47 heavy (non-hydrogen) atoms.